The fraction of sp³-hybridized carbons (Fsp3) is 0.500. The van der Waals surface area contributed by atoms with Gasteiger partial charge in [-0.3, -0.25) is 9.88 Å². The third-order valence-electron chi connectivity index (χ3n) is 3.18. The Labute approximate surface area is 113 Å². The van der Waals surface area contributed by atoms with E-state index in [1.807, 2.05) is 12.3 Å². The summed E-state index contributed by atoms with van der Waals surface area (Å²) in [6, 6.07) is 4.50. The van der Waals surface area contributed by atoms with Gasteiger partial charge >= 0.3 is 0 Å². The molecule has 1 atom stereocenters. The van der Waals surface area contributed by atoms with E-state index >= 15 is 0 Å². The molecule has 0 spiro atoms. The van der Waals surface area contributed by atoms with Crippen LogP contribution in [0.4, 0.5) is 0 Å². The van der Waals surface area contributed by atoms with E-state index in [1.165, 1.54) is 5.56 Å². The molecule has 2 rings (SSSR count). The molecule has 0 aromatic carbocycles. The Balaban J connectivity index is 1.93. The predicted octanol–water partition coefficient (Wildman–Crippen LogP) is 2.14. The molecule has 0 aliphatic rings. The molecular weight excluding hydrogens is 240 g/mol. The Bertz CT molecular complexity index is 538. The lowest BCUT2D eigenvalue weighted by atomic mass is 10.1. The average molecular weight is 260 g/mol. The Kier molecular flexibility index (Phi) is 4.27. The molecule has 0 radical (unpaired) electrons. The molecule has 0 saturated heterocycles. The van der Waals surface area contributed by atoms with Crippen LogP contribution in [0, 0.1) is 13.8 Å². The van der Waals surface area contributed by atoms with Crippen LogP contribution < -0.4 is 0 Å². The molecule has 2 aromatic rings. The van der Waals surface area contributed by atoms with Gasteiger partial charge in [-0.05, 0) is 38.6 Å². The van der Waals surface area contributed by atoms with Gasteiger partial charge in [-0.2, -0.15) is 0 Å². The highest BCUT2D eigenvalue weighted by Crippen LogP contribution is 2.10. The minimum Gasteiger partial charge on any atom is -0.424 e. The van der Waals surface area contributed by atoms with Crippen LogP contribution >= 0.6 is 0 Å². The van der Waals surface area contributed by atoms with Gasteiger partial charge in [0.25, 0.3) is 0 Å². The van der Waals surface area contributed by atoms with Crippen molar-refractivity contribution in [2.45, 2.75) is 39.8 Å². The molecule has 0 saturated carbocycles. The van der Waals surface area contributed by atoms with Crippen molar-refractivity contribution in [3.05, 3.63) is 41.4 Å². The third-order valence-corrected chi connectivity index (χ3v) is 3.18. The fourth-order valence-electron chi connectivity index (χ4n) is 1.94. The minimum absolute atomic E-state index is 0.363. The second-order valence-corrected chi connectivity index (χ2v) is 5.01. The first-order valence-electron chi connectivity index (χ1n) is 6.45. The lowest BCUT2D eigenvalue weighted by Crippen LogP contribution is -2.30. The Hall–Kier alpha value is -1.75. The molecule has 0 N–H and O–H groups in total. The van der Waals surface area contributed by atoms with E-state index in [-0.39, 0.29) is 0 Å². The van der Waals surface area contributed by atoms with Crippen molar-refractivity contribution in [2.24, 2.45) is 0 Å². The molecule has 2 aromatic heterocycles. The van der Waals surface area contributed by atoms with Gasteiger partial charge in [-0.25, -0.2) is 0 Å². The number of aryl methyl sites for hydroxylation is 2. The zero-order chi connectivity index (χ0) is 13.8. The topological polar surface area (TPSA) is 55.1 Å². The molecule has 0 amide bonds. The highest BCUT2D eigenvalue weighted by atomic mass is 16.4. The number of likely N-dealkylation sites (N-methyl/N-ethyl adjacent to an activating group) is 1. The number of nitrogens with zero attached hydrogens (tertiary/aromatic N) is 4. The van der Waals surface area contributed by atoms with Crippen LogP contribution in [0.3, 0.4) is 0 Å². The van der Waals surface area contributed by atoms with Gasteiger partial charge in [-0.15, -0.1) is 10.2 Å². The quantitative estimate of drug-likeness (QED) is 0.824. The van der Waals surface area contributed by atoms with Crippen molar-refractivity contribution in [3.63, 3.8) is 0 Å². The zero-order valence-electron chi connectivity index (χ0n) is 11.9. The van der Waals surface area contributed by atoms with Crippen LogP contribution in [0.2, 0.25) is 0 Å². The molecule has 0 bridgehead atoms. The normalized spacial score (nSPS) is 12.9. The molecular formula is C14H20N4O. The maximum absolute atomic E-state index is 5.39. The summed E-state index contributed by atoms with van der Waals surface area (Å²) in [4.78, 5) is 6.59. The van der Waals surface area contributed by atoms with Crippen molar-refractivity contribution in [1.29, 1.82) is 0 Å². The van der Waals surface area contributed by atoms with Crippen molar-refractivity contribution < 1.29 is 4.42 Å². The summed E-state index contributed by atoms with van der Waals surface area (Å²) >= 11 is 0. The summed E-state index contributed by atoms with van der Waals surface area (Å²) in [7, 11) is 2.06. The number of aromatic nitrogens is 3. The van der Waals surface area contributed by atoms with E-state index in [2.05, 4.69) is 47.0 Å². The van der Waals surface area contributed by atoms with Crippen molar-refractivity contribution in [1.82, 2.24) is 20.1 Å². The van der Waals surface area contributed by atoms with Crippen LogP contribution in [-0.2, 0) is 13.0 Å². The molecule has 1 unspecified atom stereocenters. The van der Waals surface area contributed by atoms with E-state index in [9.17, 15) is 0 Å². The Morgan fingerprint density at radius 3 is 2.74 bits per heavy atom. The smallest absolute Gasteiger partial charge is 0.230 e. The molecule has 5 nitrogen and oxygen atoms in total. The molecule has 102 valence electrons. The first kappa shape index (κ1) is 13.7. The van der Waals surface area contributed by atoms with Gasteiger partial charge < -0.3 is 4.42 Å². The number of hydrogen-bond acceptors (Lipinski definition) is 5. The number of rotatable bonds is 5. The van der Waals surface area contributed by atoms with Crippen LogP contribution in [0.1, 0.15) is 30.0 Å². The van der Waals surface area contributed by atoms with Crippen LogP contribution in [0.15, 0.2) is 22.7 Å². The summed E-state index contributed by atoms with van der Waals surface area (Å²) < 4.78 is 5.39. The highest BCUT2D eigenvalue weighted by Gasteiger charge is 2.14. The van der Waals surface area contributed by atoms with Gasteiger partial charge in [0.2, 0.25) is 11.8 Å². The van der Waals surface area contributed by atoms with Crippen molar-refractivity contribution in [2.75, 3.05) is 7.05 Å². The van der Waals surface area contributed by atoms with Crippen LogP contribution in [0.5, 0.6) is 0 Å². The molecule has 2 heterocycles. The second kappa shape index (κ2) is 5.93. The first-order valence-corrected chi connectivity index (χ1v) is 6.45. The van der Waals surface area contributed by atoms with Crippen LogP contribution in [0.25, 0.3) is 0 Å². The van der Waals surface area contributed by atoms with Gasteiger partial charge in [0.15, 0.2) is 0 Å². The zero-order valence-corrected chi connectivity index (χ0v) is 11.9. The Morgan fingerprint density at radius 1 is 1.32 bits per heavy atom. The average Bonchev–Trinajstić information content (AvgIpc) is 2.74. The largest absolute Gasteiger partial charge is 0.424 e. The van der Waals surface area contributed by atoms with Gasteiger partial charge in [-0.1, -0.05) is 0 Å². The summed E-state index contributed by atoms with van der Waals surface area (Å²) in [5.74, 6) is 1.26. The molecule has 0 fully saturated rings. The monoisotopic (exact) mass is 260 g/mol. The molecule has 0 aliphatic carbocycles. The van der Waals surface area contributed by atoms with E-state index < -0.39 is 0 Å². The molecule has 0 aliphatic heterocycles. The van der Waals surface area contributed by atoms with E-state index in [0.29, 0.717) is 24.4 Å². The number of pyridine rings is 1. The summed E-state index contributed by atoms with van der Waals surface area (Å²) in [5, 5.41) is 7.85. The van der Waals surface area contributed by atoms with Gasteiger partial charge in [0.1, 0.15) is 0 Å². The number of hydrogen-bond donors (Lipinski definition) is 0. The van der Waals surface area contributed by atoms with E-state index in [1.54, 1.807) is 6.92 Å². The lowest BCUT2D eigenvalue weighted by Gasteiger charge is -2.22. The van der Waals surface area contributed by atoms with Gasteiger partial charge in [0.05, 0.1) is 6.54 Å². The third kappa shape index (κ3) is 3.86. The lowest BCUT2D eigenvalue weighted by molar-refractivity contribution is 0.222. The predicted molar refractivity (Wildman–Crippen MR) is 72.6 cm³/mol. The Morgan fingerprint density at radius 2 is 2.11 bits per heavy atom. The van der Waals surface area contributed by atoms with Crippen LogP contribution in [-0.4, -0.2) is 33.2 Å². The van der Waals surface area contributed by atoms with Gasteiger partial charge in [0, 0.05) is 31.3 Å². The van der Waals surface area contributed by atoms with E-state index in [4.69, 9.17) is 4.42 Å². The summed E-state index contributed by atoms with van der Waals surface area (Å²) in [6.45, 7) is 6.72. The SMILES string of the molecule is Cc1ccnc(CC(C)N(C)Cc2nnc(C)o2)c1. The summed E-state index contributed by atoms with van der Waals surface area (Å²) in [5.41, 5.74) is 2.36. The second-order valence-electron chi connectivity index (χ2n) is 5.01. The molecule has 5 heteroatoms. The standard InChI is InChI=1S/C14H20N4O/c1-10-5-6-15-13(7-10)8-11(2)18(4)9-14-17-16-12(3)19-14/h5-7,11H,8-9H2,1-4H3. The summed E-state index contributed by atoms with van der Waals surface area (Å²) in [6.07, 6.45) is 2.77. The maximum Gasteiger partial charge on any atom is 0.230 e. The van der Waals surface area contributed by atoms with Crippen molar-refractivity contribution >= 4 is 0 Å². The van der Waals surface area contributed by atoms with E-state index in [0.717, 1.165) is 12.1 Å². The first-order chi connectivity index (χ1) is 9.04. The maximum atomic E-state index is 5.39. The highest BCUT2D eigenvalue weighted by molar-refractivity contribution is 5.15. The molecule has 19 heavy (non-hydrogen) atoms. The van der Waals surface area contributed by atoms with Crippen molar-refractivity contribution in [3.8, 4) is 0 Å². The minimum atomic E-state index is 0.363. The fourth-order valence-corrected chi connectivity index (χ4v) is 1.94.